The molecule has 0 saturated heterocycles. The van der Waals surface area contributed by atoms with E-state index >= 15 is 0 Å². The van der Waals surface area contributed by atoms with Gasteiger partial charge in [-0.1, -0.05) is 17.7 Å². The van der Waals surface area contributed by atoms with Crippen molar-refractivity contribution in [3.8, 4) is 5.75 Å². The number of anilines is 1. The Morgan fingerprint density at radius 1 is 1.25 bits per heavy atom. The van der Waals surface area contributed by atoms with Gasteiger partial charge in [-0.05, 0) is 48.2 Å². The van der Waals surface area contributed by atoms with Crippen molar-refractivity contribution in [2.75, 3.05) is 5.32 Å². The van der Waals surface area contributed by atoms with Gasteiger partial charge < -0.3 is 10.1 Å². The molecule has 0 radical (unpaired) electrons. The zero-order valence-corrected chi connectivity index (χ0v) is 14.5. The molecule has 0 fully saturated rings. The van der Waals surface area contributed by atoms with Gasteiger partial charge in [-0.25, -0.2) is 0 Å². The first-order valence-corrected chi connectivity index (χ1v) is 8.55. The number of nitrogens with one attached hydrogen (secondary N) is 1. The summed E-state index contributed by atoms with van der Waals surface area (Å²) in [6.07, 6.45) is 3.27. The number of aromatic nitrogens is 1. The van der Waals surface area contributed by atoms with Gasteiger partial charge in [0.15, 0.2) is 0 Å². The highest BCUT2D eigenvalue weighted by Gasteiger charge is 2.10. The van der Waals surface area contributed by atoms with Crippen LogP contribution in [0.25, 0.3) is 0 Å². The number of ether oxygens (including phenoxy) is 1. The summed E-state index contributed by atoms with van der Waals surface area (Å²) >= 11 is 7.50. The first-order valence-electron chi connectivity index (χ1n) is 7.29. The van der Waals surface area contributed by atoms with E-state index in [1.807, 2.05) is 36.6 Å². The van der Waals surface area contributed by atoms with E-state index in [2.05, 4.69) is 10.3 Å². The molecule has 3 aromatic rings. The van der Waals surface area contributed by atoms with Crippen molar-refractivity contribution in [1.82, 2.24) is 4.98 Å². The molecule has 0 saturated carbocycles. The van der Waals surface area contributed by atoms with Gasteiger partial charge >= 0.3 is 0 Å². The molecule has 0 spiro atoms. The van der Waals surface area contributed by atoms with Crippen molar-refractivity contribution in [3.05, 3.63) is 75.2 Å². The van der Waals surface area contributed by atoms with Crippen LogP contribution in [0.2, 0.25) is 5.02 Å². The molecule has 0 unspecified atom stereocenters. The van der Waals surface area contributed by atoms with Crippen molar-refractivity contribution in [3.63, 3.8) is 0 Å². The molecule has 1 amide bonds. The van der Waals surface area contributed by atoms with Crippen LogP contribution in [0, 0.1) is 6.92 Å². The lowest BCUT2D eigenvalue weighted by Gasteiger charge is -2.07. The van der Waals surface area contributed by atoms with Crippen LogP contribution in [0.5, 0.6) is 5.75 Å². The first kappa shape index (κ1) is 16.5. The Labute approximate surface area is 149 Å². The van der Waals surface area contributed by atoms with E-state index < -0.39 is 0 Å². The molecule has 122 valence electrons. The maximum Gasteiger partial charge on any atom is 0.265 e. The molecule has 0 bridgehead atoms. The molecule has 2 heterocycles. The number of pyridine rings is 1. The van der Waals surface area contributed by atoms with E-state index in [4.69, 9.17) is 16.3 Å². The molecule has 0 atom stereocenters. The predicted molar refractivity (Wildman–Crippen MR) is 97.0 cm³/mol. The molecule has 0 aliphatic rings. The SMILES string of the molecule is Cc1ccc(Cl)c(OCc2csc(C(=O)Nc3ccncc3)c2)c1. The Balaban J connectivity index is 1.63. The third-order valence-corrected chi connectivity index (χ3v) is 4.59. The highest BCUT2D eigenvalue weighted by atomic mass is 35.5. The number of carbonyl (C=O) groups is 1. The fourth-order valence-electron chi connectivity index (χ4n) is 2.08. The van der Waals surface area contributed by atoms with Crippen LogP contribution in [-0.4, -0.2) is 10.9 Å². The largest absolute Gasteiger partial charge is 0.487 e. The number of hydrogen-bond acceptors (Lipinski definition) is 4. The van der Waals surface area contributed by atoms with Gasteiger partial charge in [0, 0.05) is 23.6 Å². The number of benzene rings is 1. The molecule has 6 heteroatoms. The standard InChI is InChI=1S/C18H15ClN2O2S/c1-12-2-3-15(19)16(8-12)23-10-13-9-17(24-11-13)18(22)21-14-4-6-20-7-5-14/h2-9,11H,10H2,1H3,(H,20,21,22). The average Bonchev–Trinajstić information content (AvgIpc) is 3.06. The zero-order chi connectivity index (χ0) is 16.9. The lowest BCUT2D eigenvalue weighted by molar-refractivity contribution is 0.103. The van der Waals surface area contributed by atoms with E-state index in [1.54, 1.807) is 24.5 Å². The summed E-state index contributed by atoms with van der Waals surface area (Å²) in [6, 6.07) is 11.0. The summed E-state index contributed by atoms with van der Waals surface area (Å²) in [5.41, 5.74) is 2.72. The molecular formula is C18H15ClN2O2S. The number of rotatable bonds is 5. The monoisotopic (exact) mass is 358 g/mol. The summed E-state index contributed by atoms with van der Waals surface area (Å²) in [4.78, 5) is 16.8. The number of amides is 1. The number of hydrogen-bond donors (Lipinski definition) is 1. The molecule has 1 aromatic carbocycles. The van der Waals surface area contributed by atoms with Crippen LogP contribution >= 0.6 is 22.9 Å². The Bertz CT molecular complexity index is 849. The lowest BCUT2D eigenvalue weighted by atomic mass is 10.2. The van der Waals surface area contributed by atoms with E-state index in [1.165, 1.54) is 11.3 Å². The van der Waals surface area contributed by atoms with Gasteiger partial charge in [-0.15, -0.1) is 11.3 Å². The van der Waals surface area contributed by atoms with Crippen LogP contribution in [0.1, 0.15) is 20.8 Å². The maximum atomic E-state index is 12.2. The predicted octanol–water partition coefficient (Wildman–Crippen LogP) is 4.94. The minimum atomic E-state index is -0.147. The lowest BCUT2D eigenvalue weighted by Crippen LogP contribution is -2.10. The van der Waals surface area contributed by atoms with Crippen LogP contribution in [0.3, 0.4) is 0 Å². The maximum absolute atomic E-state index is 12.2. The van der Waals surface area contributed by atoms with Gasteiger partial charge in [-0.2, -0.15) is 0 Å². The number of nitrogens with zero attached hydrogens (tertiary/aromatic N) is 1. The van der Waals surface area contributed by atoms with E-state index in [9.17, 15) is 4.79 Å². The molecule has 2 aromatic heterocycles. The van der Waals surface area contributed by atoms with Crippen molar-refractivity contribution in [2.24, 2.45) is 0 Å². The third kappa shape index (κ3) is 4.13. The summed E-state index contributed by atoms with van der Waals surface area (Å²) in [5.74, 6) is 0.497. The van der Waals surface area contributed by atoms with Gasteiger partial charge in [0.25, 0.3) is 5.91 Å². The Kier molecular flexibility index (Phi) is 5.13. The Hall–Kier alpha value is -2.37. The van der Waals surface area contributed by atoms with E-state index in [-0.39, 0.29) is 5.91 Å². The molecule has 3 rings (SSSR count). The van der Waals surface area contributed by atoms with Crippen LogP contribution in [0.15, 0.2) is 54.2 Å². The summed E-state index contributed by atoms with van der Waals surface area (Å²) in [5, 5.41) is 5.31. The fourth-order valence-corrected chi connectivity index (χ4v) is 3.04. The van der Waals surface area contributed by atoms with E-state index in [0.717, 1.165) is 11.1 Å². The fraction of sp³-hybridized carbons (Fsp3) is 0.111. The van der Waals surface area contributed by atoms with Crippen molar-refractivity contribution >= 4 is 34.5 Å². The highest BCUT2D eigenvalue weighted by Crippen LogP contribution is 2.27. The molecule has 0 aliphatic heterocycles. The third-order valence-electron chi connectivity index (χ3n) is 3.30. The van der Waals surface area contributed by atoms with Crippen molar-refractivity contribution < 1.29 is 9.53 Å². The number of carbonyl (C=O) groups excluding carboxylic acids is 1. The second-order valence-electron chi connectivity index (χ2n) is 5.23. The number of thiophene rings is 1. The quantitative estimate of drug-likeness (QED) is 0.703. The summed E-state index contributed by atoms with van der Waals surface area (Å²) in [6.45, 7) is 2.34. The minimum absolute atomic E-state index is 0.147. The van der Waals surface area contributed by atoms with Gasteiger partial charge in [0.2, 0.25) is 0 Å². The number of halogens is 1. The molecule has 24 heavy (non-hydrogen) atoms. The summed E-state index contributed by atoms with van der Waals surface area (Å²) in [7, 11) is 0. The second-order valence-corrected chi connectivity index (χ2v) is 6.55. The van der Waals surface area contributed by atoms with Gasteiger partial charge in [0.05, 0.1) is 9.90 Å². The Morgan fingerprint density at radius 2 is 2.04 bits per heavy atom. The topological polar surface area (TPSA) is 51.2 Å². The smallest absolute Gasteiger partial charge is 0.265 e. The molecule has 0 aliphatic carbocycles. The van der Waals surface area contributed by atoms with Crippen molar-refractivity contribution in [1.29, 1.82) is 0 Å². The second kappa shape index (κ2) is 7.47. The van der Waals surface area contributed by atoms with Crippen LogP contribution < -0.4 is 10.1 Å². The average molecular weight is 359 g/mol. The first-order chi connectivity index (χ1) is 11.6. The minimum Gasteiger partial charge on any atom is -0.487 e. The van der Waals surface area contributed by atoms with Crippen molar-refractivity contribution in [2.45, 2.75) is 13.5 Å². The van der Waals surface area contributed by atoms with Gasteiger partial charge in [-0.3, -0.25) is 9.78 Å². The van der Waals surface area contributed by atoms with Crippen LogP contribution in [-0.2, 0) is 6.61 Å². The highest BCUT2D eigenvalue weighted by molar-refractivity contribution is 7.12. The van der Waals surface area contributed by atoms with E-state index in [0.29, 0.717) is 27.9 Å². The normalized spacial score (nSPS) is 10.4. The Morgan fingerprint density at radius 3 is 2.83 bits per heavy atom. The van der Waals surface area contributed by atoms with Gasteiger partial charge in [0.1, 0.15) is 12.4 Å². The molecule has 4 nitrogen and oxygen atoms in total. The molecule has 1 N–H and O–H groups in total. The van der Waals surface area contributed by atoms with Crippen LogP contribution in [0.4, 0.5) is 5.69 Å². The summed E-state index contributed by atoms with van der Waals surface area (Å²) < 4.78 is 5.75. The molecular weight excluding hydrogens is 344 g/mol. The number of aryl methyl sites for hydroxylation is 1. The zero-order valence-electron chi connectivity index (χ0n) is 13.0.